The number of likely N-dealkylation sites (tertiary alicyclic amines) is 1. The summed E-state index contributed by atoms with van der Waals surface area (Å²) >= 11 is 0. The first-order chi connectivity index (χ1) is 12.0. The van der Waals surface area contributed by atoms with Crippen molar-refractivity contribution in [3.8, 4) is 0 Å². The van der Waals surface area contributed by atoms with E-state index in [2.05, 4.69) is 20.2 Å². The number of carbonyl (C=O) groups excluding carboxylic acids is 1. The first kappa shape index (κ1) is 15.5. The molecule has 0 unspecified atom stereocenters. The monoisotopic (exact) mass is 343 g/mol. The quantitative estimate of drug-likeness (QED) is 0.667. The van der Waals surface area contributed by atoms with Gasteiger partial charge in [-0.3, -0.25) is 18.8 Å². The highest BCUT2D eigenvalue weighted by atomic mass is 16.5. The van der Waals surface area contributed by atoms with E-state index in [1.54, 1.807) is 18.9 Å². The predicted octanol–water partition coefficient (Wildman–Crippen LogP) is 0.185. The lowest BCUT2D eigenvalue weighted by molar-refractivity contribution is -0.133. The van der Waals surface area contributed by atoms with E-state index >= 15 is 0 Å². The summed E-state index contributed by atoms with van der Waals surface area (Å²) < 4.78 is 7.85. The Kier molecular flexibility index (Phi) is 3.59. The smallest absolute Gasteiger partial charge is 0.264 e. The molecular formula is C15H17N7O3. The zero-order chi connectivity index (χ0) is 17.6. The van der Waals surface area contributed by atoms with Gasteiger partial charge in [0, 0.05) is 20.5 Å². The van der Waals surface area contributed by atoms with Gasteiger partial charge in [0.05, 0.1) is 12.2 Å². The van der Waals surface area contributed by atoms with Crippen LogP contribution in [0.4, 0.5) is 0 Å². The van der Waals surface area contributed by atoms with Gasteiger partial charge in [-0.05, 0) is 12.8 Å². The molecule has 25 heavy (non-hydrogen) atoms. The molecule has 4 heterocycles. The maximum atomic E-state index is 12.7. The number of rotatable bonds is 3. The zero-order valence-electron chi connectivity index (χ0n) is 13.9. The lowest BCUT2D eigenvalue weighted by atomic mass is 10.2. The van der Waals surface area contributed by atoms with Gasteiger partial charge in [-0.25, -0.2) is 4.98 Å². The number of amides is 1. The maximum Gasteiger partial charge on any atom is 0.264 e. The Balaban J connectivity index is 1.59. The minimum Gasteiger partial charge on any atom is -0.340 e. The fourth-order valence-electron chi connectivity index (χ4n) is 3.20. The first-order valence-electron chi connectivity index (χ1n) is 8.01. The first-order valence-corrected chi connectivity index (χ1v) is 8.01. The van der Waals surface area contributed by atoms with Crippen LogP contribution < -0.4 is 5.56 Å². The van der Waals surface area contributed by atoms with E-state index in [-0.39, 0.29) is 24.1 Å². The molecule has 0 aromatic carbocycles. The Labute approximate surface area is 142 Å². The molecule has 0 radical (unpaired) electrons. The number of aryl methyl sites for hydroxylation is 2. The standard InChI is InChI=1S/C15H17N7O3/c1-9-18-13(19-25-9)11-4-3-5-22(11)12(23)7-21-8-16-14-10(15(21)24)6-17-20(14)2/h6,8,11H,3-5,7H2,1-2H3/t11-/m1/s1. The Morgan fingerprint density at radius 2 is 2.28 bits per heavy atom. The lowest BCUT2D eigenvalue weighted by Gasteiger charge is -2.22. The topological polar surface area (TPSA) is 112 Å². The number of hydrogen-bond acceptors (Lipinski definition) is 7. The summed E-state index contributed by atoms with van der Waals surface area (Å²) in [6.45, 7) is 2.24. The van der Waals surface area contributed by atoms with Gasteiger partial charge >= 0.3 is 0 Å². The van der Waals surface area contributed by atoms with E-state index in [0.717, 1.165) is 12.8 Å². The van der Waals surface area contributed by atoms with E-state index in [0.29, 0.717) is 29.3 Å². The molecule has 0 saturated carbocycles. The van der Waals surface area contributed by atoms with E-state index in [1.807, 2.05) is 0 Å². The zero-order valence-corrected chi connectivity index (χ0v) is 13.9. The predicted molar refractivity (Wildman–Crippen MR) is 85.5 cm³/mol. The van der Waals surface area contributed by atoms with Gasteiger partial charge in [0.25, 0.3) is 5.56 Å². The summed E-state index contributed by atoms with van der Waals surface area (Å²) in [5, 5.41) is 8.35. The average molecular weight is 343 g/mol. The molecular weight excluding hydrogens is 326 g/mol. The van der Waals surface area contributed by atoms with Crippen LogP contribution in [0.25, 0.3) is 11.0 Å². The molecule has 1 amide bonds. The summed E-state index contributed by atoms with van der Waals surface area (Å²) in [6, 6.07) is -0.212. The Bertz CT molecular complexity index is 1000. The molecule has 0 aliphatic carbocycles. The van der Waals surface area contributed by atoms with Crippen LogP contribution in [-0.2, 0) is 18.4 Å². The third-order valence-corrected chi connectivity index (χ3v) is 4.44. The van der Waals surface area contributed by atoms with Crippen molar-refractivity contribution in [2.24, 2.45) is 7.05 Å². The molecule has 130 valence electrons. The van der Waals surface area contributed by atoms with Crippen molar-refractivity contribution < 1.29 is 9.32 Å². The van der Waals surface area contributed by atoms with Gasteiger partial charge in [-0.15, -0.1) is 0 Å². The molecule has 0 spiro atoms. The summed E-state index contributed by atoms with van der Waals surface area (Å²) in [5.74, 6) is 0.811. The van der Waals surface area contributed by atoms with Crippen LogP contribution in [0.5, 0.6) is 0 Å². The molecule has 3 aromatic rings. The highest BCUT2D eigenvalue weighted by molar-refractivity contribution is 5.78. The largest absolute Gasteiger partial charge is 0.340 e. The molecule has 4 rings (SSSR count). The SMILES string of the molecule is Cc1nc([C@H]2CCCN2C(=O)Cn2cnc3c(cnn3C)c2=O)no1. The highest BCUT2D eigenvalue weighted by Crippen LogP contribution is 2.30. The van der Waals surface area contributed by atoms with Crippen LogP contribution in [0.15, 0.2) is 21.8 Å². The third-order valence-electron chi connectivity index (χ3n) is 4.44. The minimum absolute atomic E-state index is 0.0794. The van der Waals surface area contributed by atoms with E-state index in [1.165, 1.54) is 21.8 Å². The van der Waals surface area contributed by atoms with Crippen LogP contribution in [0.3, 0.4) is 0 Å². The summed E-state index contributed by atoms with van der Waals surface area (Å²) in [5.41, 5.74) is 0.215. The third kappa shape index (κ3) is 2.59. The van der Waals surface area contributed by atoms with Crippen LogP contribution in [0.1, 0.15) is 30.6 Å². The van der Waals surface area contributed by atoms with Gasteiger partial charge in [-0.1, -0.05) is 5.16 Å². The molecule has 10 nitrogen and oxygen atoms in total. The Hall–Kier alpha value is -3.04. The fraction of sp³-hybridized carbons (Fsp3) is 0.467. The van der Waals surface area contributed by atoms with Gasteiger partial charge in [0.15, 0.2) is 11.5 Å². The Morgan fingerprint density at radius 3 is 3.04 bits per heavy atom. The molecule has 1 aliphatic rings. The number of fused-ring (bicyclic) bond motifs is 1. The molecule has 0 N–H and O–H groups in total. The highest BCUT2D eigenvalue weighted by Gasteiger charge is 2.33. The van der Waals surface area contributed by atoms with Crippen LogP contribution >= 0.6 is 0 Å². The van der Waals surface area contributed by atoms with Crippen LogP contribution in [0, 0.1) is 6.92 Å². The van der Waals surface area contributed by atoms with Crippen molar-refractivity contribution >= 4 is 16.9 Å². The van der Waals surface area contributed by atoms with E-state index < -0.39 is 0 Å². The second kappa shape index (κ2) is 5.80. The molecule has 1 fully saturated rings. The van der Waals surface area contributed by atoms with Crippen molar-refractivity contribution in [1.29, 1.82) is 0 Å². The molecule has 1 saturated heterocycles. The van der Waals surface area contributed by atoms with E-state index in [4.69, 9.17) is 4.52 Å². The average Bonchev–Trinajstić information content (AvgIpc) is 3.30. The number of hydrogen-bond donors (Lipinski definition) is 0. The van der Waals surface area contributed by atoms with Gasteiger partial charge in [0.1, 0.15) is 18.3 Å². The van der Waals surface area contributed by atoms with Crippen LogP contribution in [0.2, 0.25) is 0 Å². The summed E-state index contributed by atoms with van der Waals surface area (Å²) in [4.78, 5) is 35.4. The van der Waals surface area contributed by atoms with Crippen molar-refractivity contribution in [2.45, 2.75) is 32.4 Å². The molecule has 10 heteroatoms. The minimum atomic E-state index is -0.280. The number of nitrogens with zero attached hydrogens (tertiary/aromatic N) is 7. The van der Waals surface area contributed by atoms with Crippen molar-refractivity contribution in [3.05, 3.63) is 34.6 Å². The lowest BCUT2D eigenvalue weighted by Crippen LogP contribution is -2.36. The summed E-state index contributed by atoms with van der Waals surface area (Å²) in [6.07, 6.45) is 4.48. The van der Waals surface area contributed by atoms with Crippen molar-refractivity contribution in [1.82, 2.24) is 34.4 Å². The number of carbonyl (C=O) groups is 1. The Morgan fingerprint density at radius 1 is 1.44 bits per heavy atom. The maximum absolute atomic E-state index is 12.7. The second-order valence-corrected chi connectivity index (χ2v) is 6.10. The van der Waals surface area contributed by atoms with Gasteiger partial charge in [0.2, 0.25) is 11.8 Å². The molecule has 0 bridgehead atoms. The fourth-order valence-corrected chi connectivity index (χ4v) is 3.20. The van der Waals surface area contributed by atoms with Crippen molar-refractivity contribution in [3.63, 3.8) is 0 Å². The summed E-state index contributed by atoms with van der Waals surface area (Å²) in [7, 11) is 1.71. The molecule has 3 aromatic heterocycles. The van der Waals surface area contributed by atoms with Gasteiger partial charge in [-0.2, -0.15) is 10.1 Å². The van der Waals surface area contributed by atoms with E-state index in [9.17, 15) is 9.59 Å². The van der Waals surface area contributed by atoms with Crippen LogP contribution in [-0.4, -0.2) is 46.8 Å². The molecule has 1 aliphatic heterocycles. The van der Waals surface area contributed by atoms with Crippen molar-refractivity contribution in [2.75, 3.05) is 6.54 Å². The second-order valence-electron chi connectivity index (χ2n) is 6.10. The normalized spacial score (nSPS) is 17.5. The number of aromatic nitrogens is 6. The molecule has 1 atom stereocenters. The van der Waals surface area contributed by atoms with Gasteiger partial charge < -0.3 is 9.42 Å².